The smallest absolute Gasteiger partial charge is 0.258 e. The first-order valence-electron chi connectivity index (χ1n) is 5.00. The van der Waals surface area contributed by atoms with Crippen molar-refractivity contribution in [2.45, 2.75) is 6.92 Å². The molecular formula is C12H10ClN3O. The van der Waals surface area contributed by atoms with Gasteiger partial charge in [0.1, 0.15) is 5.82 Å². The molecule has 0 aromatic carbocycles. The Bertz CT molecular complexity index is 557. The summed E-state index contributed by atoms with van der Waals surface area (Å²) < 4.78 is 0. The number of pyridine rings is 2. The van der Waals surface area contributed by atoms with E-state index in [2.05, 4.69) is 15.3 Å². The Kier molecular flexibility index (Phi) is 3.35. The van der Waals surface area contributed by atoms with Gasteiger partial charge in [-0.3, -0.25) is 9.78 Å². The zero-order chi connectivity index (χ0) is 12.3. The SMILES string of the molecule is Cc1ccnc(NC(=O)c2ccncc2Cl)c1. The lowest BCUT2D eigenvalue weighted by Gasteiger charge is -2.05. The number of carbonyl (C=O) groups excluding carboxylic acids is 1. The molecule has 0 atom stereocenters. The van der Waals surface area contributed by atoms with Gasteiger partial charge in [0, 0.05) is 18.6 Å². The van der Waals surface area contributed by atoms with Crippen molar-refractivity contribution in [2.24, 2.45) is 0 Å². The molecule has 0 aliphatic heterocycles. The van der Waals surface area contributed by atoms with Crippen molar-refractivity contribution in [3.05, 3.63) is 52.9 Å². The molecule has 2 aromatic rings. The Morgan fingerprint density at radius 3 is 2.88 bits per heavy atom. The van der Waals surface area contributed by atoms with Gasteiger partial charge in [0.15, 0.2) is 0 Å². The van der Waals surface area contributed by atoms with E-state index in [1.165, 1.54) is 12.4 Å². The van der Waals surface area contributed by atoms with Crippen molar-refractivity contribution in [3.63, 3.8) is 0 Å². The topological polar surface area (TPSA) is 54.9 Å². The third-order valence-electron chi connectivity index (χ3n) is 2.17. The standard InChI is InChI=1S/C12H10ClN3O/c1-8-2-5-15-11(6-8)16-12(17)9-3-4-14-7-10(9)13/h2-7H,1H3,(H,15,16,17). The molecule has 5 heteroatoms. The second-order valence-electron chi connectivity index (χ2n) is 3.53. The highest BCUT2D eigenvalue weighted by atomic mass is 35.5. The van der Waals surface area contributed by atoms with E-state index < -0.39 is 0 Å². The average Bonchev–Trinajstić information content (AvgIpc) is 2.29. The summed E-state index contributed by atoms with van der Waals surface area (Å²) in [5.41, 5.74) is 1.40. The van der Waals surface area contributed by atoms with E-state index in [-0.39, 0.29) is 5.91 Å². The molecule has 0 unspecified atom stereocenters. The molecule has 1 amide bonds. The first-order valence-corrected chi connectivity index (χ1v) is 5.38. The van der Waals surface area contributed by atoms with Crippen LogP contribution in [0.4, 0.5) is 5.82 Å². The summed E-state index contributed by atoms with van der Waals surface area (Å²) in [7, 11) is 0. The van der Waals surface area contributed by atoms with Gasteiger partial charge in [-0.15, -0.1) is 0 Å². The maximum atomic E-state index is 11.9. The van der Waals surface area contributed by atoms with Gasteiger partial charge in [-0.1, -0.05) is 11.6 Å². The van der Waals surface area contributed by atoms with E-state index in [9.17, 15) is 4.79 Å². The van der Waals surface area contributed by atoms with Gasteiger partial charge in [-0.2, -0.15) is 0 Å². The Hall–Kier alpha value is -1.94. The van der Waals surface area contributed by atoms with E-state index in [0.717, 1.165) is 5.56 Å². The third kappa shape index (κ3) is 2.79. The zero-order valence-corrected chi connectivity index (χ0v) is 9.90. The maximum absolute atomic E-state index is 11.9. The fourth-order valence-corrected chi connectivity index (χ4v) is 1.55. The van der Waals surface area contributed by atoms with Gasteiger partial charge in [-0.25, -0.2) is 4.98 Å². The molecule has 4 nitrogen and oxygen atoms in total. The minimum absolute atomic E-state index is 0.296. The van der Waals surface area contributed by atoms with Crippen LogP contribution >= 0.6 is 11.6 Å². The van der Waals surface area contributed by atoms with Crippen molar-refractivity contribution in [2.75, 3.05) is 5.32 Å². The summed E-state index contributed by atoms with van der Waals surface area (Å²) in [5.74, 6) is 0.207. The van der Waals surface area contributed by atoms with Gasteiger partial charge in [-0.05, 0) is 30.7 Å². The van der Waals surface area contributed by atoms with Crippen molar-refractivity contribution < 1.29 is 4.79 Å². The number of aromatic nitrogens is 2. The van der Waals surface area contributed by atoms with Gasteiger partial charge in [0.2, 0.25) is 0 Å². The van der Waals surface area contributed by atoms with Gasteiger partial charge in [0.05, 0.1) is 10.6 Å². The maximum Gasteiger partial charge on any atom is 0.258 e. The third-order valence-corrected chi connectivity index (χ3v) is 2.48. The summed E-state index contributed by atoms with van der Waals surface area (Å²) in [5, 5.41) is 2.99. The molecule has 0 radical (unpaired) electrons. The first-order chi connectivity index (χ1) is 8.16. The molecule has 1 N–H and O–H groups in total. The number of nitrogens with one attached hydrogen (secondary N) is 1. The largest absolute Gasteiger partial charge is 0.307 e. The van der Waals surface area contributed by atoms with Gasteiger partial charge < -0.3 is 5.32 Å². The van der Waals surface area contributed by atoms with E-state index in [1.54, 1.807) is 18.3 Å². The van der Waals surface area contributed by atoms with Gasteiger partial charge in [0.25, 0.3) is 5.91 Å². The van der Waals surface area contributed by atoms with Gasteiger partial charge >= 0.3 is 0 Å². The summed E-state index contributed by atoms with van der Waals surface area (Å²) in [6.45, 7) is 1.93. The van der Waals surface area contributed by atoms with Crippen molar-refractivity contribution in [1.29, 1.82) is 0 Å². The van der Waals surface area contributed by atoms with Crippen LogP contribution in [0.1, 0.15) is 15.9 Å². The van der Waals surface area contributed by atoms with E-state index in [1.807, 2.05) is 13.0 Å². The van der Waals surface area contributed by atoms with Crippen LogP contribution in [0, 0.1) is 6.92 Å². The van der Waals surface area contributed by atoms with E-state index >= 15 is 0 Å². The van der Waals surface area contributed by atoms with Crippen LogP contribution in [0.2, 0.25) is 5.02 Å². The van der Waals surface area contributed by atoms with Crippen molar-refractivity contribution >= 4 is 23.3 Å². The van der Waals surface area contributed by atoms with Crippen LogP contribution in [-0.2, 0) is 0 Å². The Morgan fingerprint density at radius 1 is 1.35 bits per heavy atom. The molecule has 0 spiro atoms. The molecule has 2 rings (SSSR count). The van der Waals surface area contributed by atoms with Crippen LogP contribution in [0.3, 0.4) is 0 Å². The number of hydrogen-bond donors (Lipinski definition) is 1. The van der Waals surface area contributed by atoms with Crippen molar-refractivity contribution in [3.8, 4) is 0 Å². The Labute approximate surface area is 104 Å². The highest BCUT2D eigenvalue weighted by Crippen LogP contribution is 2.15. The highest BCUT2D eigenvalue weighted by Gasteiger charge is 2.10. The van der Waals surface area contributed by atoms with Crippen molar-refractivity contribution in [1.82, 2.24) is 9.97 Å². The number of rotatable bonds is 2. The quantitative estimate of drug-likeness (QED) is 0.888. The summed E-state index contributed by atoms with van der Waals surface area (Å²) >= 11 is 5.87. The molecule has 17 heavy (non-hydrogen) atoms. The number of halogens is 1. The number of amides is 1. The minimum atomic E-state index is -0.296. The normalized spacial score (nSPS) is 10.0. The summed E-state index contributed by atoms with van der Waals surface area (Å²) in [6, 6.07) is 5.20. The lowest BCUT2D eigenvalue weighted by atomic mass is 10.2. The molecule has 0 aliphatic carbocycles. The van der Waals surface area contributed by atoms with E-state index in [0.29, 0.717) is 16.4 Å². The number of aryl methyl sites for hydroxylation is 1. The highest BCUT2D eigenvalue weighted by molar-refractivity contribution is 6.34. The predicted octanol–water partition coefficient (Wildman–Crippen LogP) is 2.69. The molecule has 2 aromatic heterocycles. The summed E-state index contributed by atoms with van der Waals surface area (Å²) in [4.78, 5) is 19.7. The number of nitrogens with zero attached hydrogens (tertiary/aromatic N) is 2. The minimum Gasteiger partial charge on any atom is -0.307 e. The van der Waals surface area contributed by atoms with E-state index in [4.69, 9.17) is 11.6 Å². The number of anilines is 1. The Balaban J connectivity index is 2.20. The molecule has 0 saturated heterocycles. The van der Waals surface area contributed by atoms with Crippen LogP contribution in [0.15, 0.2) is 36.8 Å². The lowest BCUT2D eigenvalue weighted by molar-refractivity contribution is 0.102. The molecule has 0 fully saturated rings. The first kappa shape index (κ1) is 11.5. The number of hydrogen-bond acceptors (Lipinski definition) is 3. The molecule has 0 bridgehead atoms. The van der Waals surface area contributed by atoms with Crippen LogP contribution < -0.4 is 5.32 Å². The lowest BCUT2D eigenvalue weighted by Crippen LogP contribution is -2.13. The second-order valence-corrected chi connectivity index (χ2v) is 3.94. The fourth-order valence-electron chi connectivity index (χ4n) is 1.35. The molecular weight excluding hydrogens is 238 g/mol. The summed E-state index contributed by atoms with van der Waals surface area (Å²) in [6.07, 6.45) is 4.59. The molecule has 86 valence electrons. The predicted molar refractivity (Wildman–Crippen MR) is 66.2 cm³/mol. The Morgan fingerprint density at radius 2 is 2.18 bits per heavy atom. The average molecular weight is 248 g/mol. The molecule has 0 saturated carbocycles. The van der Waals surface area contributed by atoms with Crippen LogP contribution in [-0.4, -0.2) is 15.9 Å². The molecule has 0 aliphatic rings. The molecule has 2 heterocycles. The van der Waals surface area contributed by atoms with Crippen LogP contribution in [0.25, 0.3) is 0 Å². The fraction of sp³-hybridized carbons (Fsp3) is 0.0833. The number of carbonyl (C=O) groups is 1. The zero-order valence-electron chi connectivity index (χ0n) is 9.14. The monoisotopic (exact) mass is 247 g/mol. The second kappa shape index (κ2) is 4.93. The van der Waals surface area contributed by atoms with Crippen LogP contribution in [0.5, 0.6) is 0 Å².